The van der Waals surface area contributed by atoms with Crippen LogP contribution in [0.4, 0.5) is 5.69 Å². The van der Waals surface area contributed by atoms with Crippen LogP contribution in [0.2, 0.25) is 0 Å². The normalized spacial score (nSPS) is 11.5. The van der Waals surface area contributed by atoms with Crippen LogP contribution in [0.25, 0.3) is 21.9 Å². The number of benzene rings is 2. The molecule has 0 aliphatic carbocycles. The Kier molecular flexibility index (Phi) is 2.52. The topological polar surface area (TPSA) is 56.3 Å². The first-order chi connectivity index (χ1) is 9.08. The molecule has 0 bridgehead atoms. The molecule has 0 aliphatic rings. The minimum Gasteiger partial charge on any atom is -0.456 e. The fourth-order valence-corrected chi connectivity index (χ4v) is 2.40. The van der Waals surface area contributed by atoms with Crippen molar-refractivity contribution in [2.24, 2.45) is 0 Å². The molecule has 0 unspecified atom stereocenters. The van der Waals surface area contributed by atoms with Crippen molar-refractivity contribution in [1.82, 2.24) is 0 Å². The van der Waals surface area contributed by atoms with Gasteiger partial charge < -0.3 is 4.42 Å². The standard InChI is InChI=1S/C15H13NO3/c1-9(2)11-7-12-10-5-3-4-6-14(10)19-15(12)8-13(11)16(17)18/h3-9H,1-2H3. The molecule has 4 heteroatoms. The van der Waals surface area contributed by atoms with E-state index >= 15 is 0 Å². The van der Waals surface area contributed by atoms with Crippen LogP contribution in [0.5, 0.6) is 0 Å². The number of fused-ring (bicyclic) bond motifs is 3. The van der Waals surface area contributed by atoms with Gasteiger partial charge in [-0.2, -0.15) is 0 Å². The van der Waals surface area contributed by atoms with Gasteiger partial charge in [-0.3, -0.25) is 10.1 Å². The average Bonchev–Trinajstić information content (AvgIpc) is 2.74. The van der Waals surface area contributed by atoms with E-state index in [1.165, 1.54) is 6.07 Å². The van der Waals surface area contributed by atoms with E-state index in [2.05, 4.69) is 0 Å². The molecule has 0 radical (unpaired) electrons. The number of para-hydroxylation sites is 1. The van der Waals surface area contributed by atoms with Crippen molar-refractivity contribution in [2.75, 3.05) is 0 Å². The number of furan rings is 1. The van der Waals surface area contributed by atoms with Gasteiger partial charge >= 0.3 is 0 Å². The van der Waals surface area contributed by atoms with Crippen LogP contribution in [0.3, 0.4) is 0 Å². The highest BCUT2D eigenvalue weighted by Gasteiger charge is 2.20. The largest absolute Gasteiger partial charge is 0.456 e. The van der Waals surface area contributed by atoms with Crippen LogP contribution in [-0.4, -0.2) is 4.92 Å². The first kappa shape index (κ1) is 11.7. The predicted octanol–water partition coefficient (Wildman–Crippen LogP) is 4.62. The number of rotatable bonds is 2. The molecule has 96 valence electrons. The number of nitro benzene ring substituents is 1. The third-order valence-electron chi connectivity index (χ3n) is 3.34. The van der Waals surface area contributed by atoms with Gasteiger partial charge in [-0.15, -0.1) is 0 Å². The molecule has 0 spiro atoms. The van der Waals surface area contributed by atoms with Crippen LogP contribution in [0.1, 0.15) is 25.3 Å². The van der Waals surface area contributed by atoms with Crippen LogP contribution in [0.15, 0.2) is 40.8 Å². The van der Waals surface area contributed by atoms with Gasteiger partial charge in [0.1, 0.15) is 11.2 Å². The Morgan fingerprint density at radius 2 is 1.84 bits per heavy atom. The zero-order chi connectivity index (χ0) is 13.6. The van der Waals surface area contributed by atoms with E-state index in [4.69, 9.17) is 4.42 Å². The lowest BCUT2D eigenvalue weighted by Gasteiger charge is -2.06. The molecule has 0 aliphatic heterocycles. The van der Waals surface area contributed by atoms with Crippen LogP contribution < -0.4 is 0 Å². The van der Waals surface area contributed by atoms with Crippen molar-refractivity contribution < 1.29 is 9.34 Å². The highest BCUT2D eigenvalue weighted by atomic mass is 16.6. The lowest BCUT2D eigenvalue weighted by molar-refractivity contribution is -0.385. The maximum Gasteiger partial charge on any atom is 0.276 e. The first-order valence-electron chi connectivity index (χ1n) is 6.17. The van der Waals surface area contributed by atoms with Gasteiger partial charge in [-0.25, -0.2) is 0 Å². The van der Waals surface area contributed by atoms with Crippen molar-refractivity contribution >= 4 is 27.6 Å². The summed E-state index contributed by atoms with van der Waals surface area (Å²) in [4.78, 5) is 10.8. The van der Waals surface area contributed by atoms with Crippen LogP contribution in [-0.2, 0) is 0 Å². The SMILES string of the molecule is CC(C)c1cc2c(cc1[N+](=O)[O-])oc1ccccc12. The second kappa shape index (κ2) is 4.09. The zero-order valence-electron chi connectivity index (χ0n) is 10.7. The van der Waals surface area contributed by atoms with Crippen molar-refractivity contribution in [1.29, 1.82) is 0 Å². The molecule has 19 heavy (non-hydrogen) atoms. The minimum absolute atomic E-state index is 0.0958. The van der Waals surface area contributed by atoms with Gasteiger partial charge in [0.25, 0.3) is 5.69 Å². The molecular formula is C15H13NO3. The Morgan fingerprint density at radius 1 is 1.11 bits per heavy atom. The molecule has 3 rings (SSSR count). The van der Waals surface area contributed by atoms with Crippen molar-refractivity contribution in [2.45, 2.75) is 19.8 Å². The summed E-state index contributed by atoms with van der Waals surface area (Å²) in [5.41, 5.74) is 2.19. The Bertz CT molecular complexity index is 787. The summed E-state index contributed by atoms with van der Waals surface area (Å²) < 4.78 is 5.67. The molecule has 1 heterocycles. The Hall–Kier alpha value is -2.36. The lowest BCUT2D eigenvalue weighted by atomic mass is 9.98. The van der Waals surface area contributed by atoms with Gasteiger partial charge in [-0.05, 0) is 18.1 Å². The molecule has 0 saturated heterocycles. The third kappa shape index (κ3) is 1.76. The van der Waals surface area contributed by atoms with Crippen molar-refractivity contribution in [3.05, 3.63) is 52.1 Å². The van der Waals surface area contributed by atoms with E-state index in [-0.39, 0.29) is 16.5 Å². The summed E-state index contributed by atoms with van der Waals surface area (Å²) in [7, 11) is 0. The highest BCUT2D eigenvalue weighted by molar-refractivity contribution is 6.05. The summed E-state index contributed by atoms with van der Waals surface area (Å²) in [5.74, 6) is 0.0958. The Morgan fingerprint density at radius 3 is 2.53 bits per heavy atom. The second-order valence-corrected chi connectivity index (χ2v) is 4.92. The quantitative estimate of drug-likeness (QED) is 0.496. The van der Waals surface area contributed by atoms with E-state index in [9.17, 15) is 10.1 Å². The maximum absolute atomic E-state index is 11.1. The average molecular weight is 255 g/mol. The number of hydrogen-bond acceptors (Lipinski definition) is 3. The third-order valence-corrected chi connectivity index (χ3v) is 3.34. The number of nitro groups is 1. The van der Waals surface area contributed by atoms with Gasteiger partial charge in [0.15, 0.2) is 0 Å². The molecule has 0 fully saturated rings. The Labute approximate surface area is 109 Å². The monoisotopic (exact) mass is 255 g/mol. The number of hydrogen-bond donors (Lipinski definition) is 0. The van der Waals surface area contributed by atoms with Gasteiger partial charge in [0.05, 0.1) is 11.0 Å². The van der Waals surface area contributed by atoms with Crippen LogP contribution >= 0.6 is 0 Å². The summed E-state index contributed by atoms with van der Waals surface area (Å²) in [6, 6.07) is 11.1. The van der Waals surface area contributed by atoms with E-state index in [1.54, 1.807) is 0 Å². The zero-order valence-corrected chi connectivity index (χ0v) is 10.7. The lowest BCUT2D eigenvalue weighted by Crippen LogP contribution is -1.96. The molecule has 2 aromatic carbocycles. The molecule has 4 nitrogen and oxygen atoms in total. The molecule has 1 aromatic heterocycles. The van der Waals surface area contributed by atoms with Crippen molar-refractivity contribution in [3.63, 3.8) is 0 Å². The minimum atomic E-state index is -0.345. The summed E-state index contributed by atoms with van der Waals surface area (Å²) in [6.45, 7) is 3.91. The molecule has 0 atom stereocenters. The molecule has 0 saturated carbocycles. The van der Waals surface area contributed by atoms with E-state index in [1.807, 2.05) is 44.2 Å². The fourth-order valence-electron chi connectivity index (χ4n) is 2.40. The second-order valence-electron chi connectivity index (χ2n) is 4.92. The predicted molar refractivity (Wildman–Crippen MR) is 74.5 cm³/mol. The summed E-state index contributed by atoms with van der Waals surface area (Å²) >= 11 is 0. The first-order valence-corrected chi connectivity index (χ1v) is 6.17. The number of nitrogens with zero attached hydrogens (tertiary/aromatic N) is 1. The van der Waals surface area contributed by atoms with Gasteiger partial charge in [0.2, 0.25) is 0 Å². The smallest absolute Gasteiger partial charge is 0.276 e. The highest BCUT2D eigenvalue weighted by Crippen LogP contribution is 2.36. The van der Waals surface area contributed by atoms with Gasteiger partial charge in [-0.1, -0.05) is 32.0 Å². The van der Waals surface area contributed by atoms with Crippen molar-refractivity contribution in [3.8, 4) is 0 Å². The van der Waals surface area contributed by atoms with E-state index < -0.39 is 0 Å². The van der Waals surface area contributed by atoms with E-state index in [0.717, 1.165) is 21.9 Å². The fraction of sp³-hybridized carbons (Fsp3) is 0.200. The molecule has 3 aromatic rings. The van der Waals surface area contributed by atoms with Gasteiger partial charge in [0, 0.05) is 16.3 Å². The summed E-state index contributed by atoms with van der Waals surface area (Å²) in [6.07, 6.45) is 0. The Balaban J connectivity index is 2.43. The molecular weight excluding hydrogens is 242 g/mol. The molecule has 0 N–H and O–H groups in total. The van der Waals surface area contributed by atoms with Crippen LogP contribution in [0, 0.1) is 10.1 Å². The molecule has 0 amide bonds. The maximum atomic E-state index is 11.1. The van der Waals surface area contributed by atoms with E-state index in [0.29, 0.717) is 5.58 Å². The summed E-state index contributed by atoms with van der Waals surface area (Å²) in [5, 5.41) is 13.1.